The van der Waals surface area contributed by atoms with Crippen molar-refractivity contribution in [2.24, 2.45) is 5.73 Å². The Morgan fingerprint density at radius 2 is 1.86 bits per heavy atom. The van der Waals surface area contributed by atoms with E-state index in [2.05, 4.69) is 27.0 Å². The molecule has 0 aliphatic carbocycles. The van der Waals surface area contributed by atoms with E-state index in [1.54, 1.807) is 6.20 Å². The van der Waals surface area contributed by atoms with Gasteiger partial charge in [-0.15, -0.1) is 0 Å². The Morgan fingerprint density at radius 3 is 2.55 bits per heavy atom. The van der Waals surface area contributed by atoms with Gasteiger partial charge in [0.05, 0.1) is 6.10 Å². The third kappa shape index (κ3) is 3.43. The molecular formula is C17H22N4O. The fourth-order valence-electron chi connectivity index (χ4n) is 2.75. The summed E-state index contributed by atoms with van der Waals surface area (Å²) in [6, 6.07) is 10.2. The Hall–Kier alpha value is -1.98. The van der Waals surface area contributed by atoms with Gasteiger partial charge in [0.1, 0.15) is 5.82 Å². The molecule has 0 saturated carbocycles. The zero-order chi connectivity index (χ0) is 15.4. The van der Waals surface area contributed by atoms with Crippen molar-refractivity contribution in [2.75, 3.05) is 24.5 Å². The number of rotatable bonds is 4. The average Bonchev–Trinajstić information content (AvgIpc) is 2.57. The van der Waals surface area contributed by atoms with Crippen LogP contribution in [0.1, 0.15) is 18.4 Å². The monoisotopic (exact) mass is 298 g/mol. The lowest BCUT2D eigenvalue weighted by atomic mass is 10.1. The van der Waals surface area contributed by atoms with Gasteiger partial charge < -0.3 is 15.7 Å². The molecule has 0 radical (unpaired) electrons. The molecule has 1 fully saturated rings. The minimum atomic E-state index is -0.173. The summed E-state index contributed by atoms with van der Waals surface area (Å²) < 4.78 is 0. The normalized spacial score (nSPS) is 16.0. The van der Waals surface area contributed by atoms with Gasteiger partial charge in [0, 0.05) is 24.8 Å². The Morgan fingerprint density at radius 1 is 1.14 bits per heavy atom. The molecule has 2 aromatic rings. The maximum absolute atomic E-state index is 9.61. The van der Waals surface area contributed by atoms with Gasteiger partial charge in [0.15, 0.2) is 5.82 Å². The fraction of sp³-hybridized carbons (Fsp3) is 0.412. The molecule has 1 aromatic carbocycles. The highest BCUT2D eigenvalue weighted by atomic mass is 16.3. The van der Waals surface area contributed by atoms with Gasteiger partial charge in [-0.2, -0.15) is 0 Å². The van der Waals surface area contributed by atoms with Crippen molar-refractivity contribution in [1.82, 2.24) is 9.97 Å². The van der Waals surface area contributed by atoms with Gasteiger partial charge in [-0.3, -0.25) is 0 Å². The van der Waals surface area contributed by atoms with Gasteiger partial charge in [-0.05, 0) is 37.4 Å². The SMILES string of the molecule is NCCc1ccc(-c2nccc(N3CCC(O)CC3)n2)cc1. The summed E-state index contributed by atoms with van der Waals surface area (Å²) in [4.78, 5) is 11.3. The molecule has 1 saturated heterocycles. The summed E-state index contributed by atoms with van der Waals surface area (Å²) in [6.07, 6.45) is 4.11. The molecule has 0 atom stereocenters. The van der Waals surface area contributed by atoms with Crippen molar-refractivity contribution in [2.45, 2.75) is 25.4 Å². The minimum absolute atomic E-state index is 0.173. The maximum Gasteiger partial charge on any atom is 0.161 e. The number of nitrogens with two attached hydrogens (primary N) is 1. The molecule has 0 amide bonds. The molecule has 22 heavy (non-hydrogen) atoms. The minimum Gasteiger partial charge on any atom is -0.393 e. The van der Waals surface area contributed by atoms with Crippen LogP contribution in [-0.2, 0) is 6.42 Å². The molecule has 5 nitrogen and oxygen atoms in total. The molecule has 1 aliphatic heterocycles. The lowest BCUT2D eigenvalue weighted by Gasteiger charge is -2.30. The van der Waals surface area contributed by atoms with E-state index in [0.29, 0.717) is 6.54 Å². The van der Waals surface area contributed by atoms with Crippen LogP contribution in [0.5, 0.6) is 0 Å². The van der Waals surface area contributed by atoms with Crippen LogP contribution in [0.15, 0.2) is 36.5 Å². The number of benzene rings is 1. The Labute approximate surface area is 130 Å². The van der Waals surface area contributed by atoms with Crippen molar-refractivity contribution >= 4 is 5.82 Å². The second-order valence-corrected chi connectivity index (χ2v) is 5.69. The van der Waals surface area contributed by atoms with Crippen LogP contribution < -0.4 is 10.6 Å². The molecule has 2 heterocycles. The van der Waals surface area contributed by atoms with E-state index in [-0.39, 0.29) is 6.10 Å². The molecule has 1 aromatic heterocycles. The second kappa shape index (κ2) is 6.85. The number of hydrogen-bond acceptors (Lipinski definition) is 5. The zero-order valence-corrected chi connectivity index (χ0v) is 12.7. The zero-order valence-electron chi connectivity index (χ0n) is 12.7. The molecule has 5 heteroatoms. The smallest absolute Gasteiger partial charge is 0.161 e. The highest BCUT2D eigenvalue weighted by molar-refractivity contribution is 5.57. The third-order valence-electron chi connectivity index (χ3n) is 4.07. The van der Waals surface area contributed by atoms with Crippen molar-refractivity contribution in [1.29, 1.82) is 0 Å². The van der Waals surface area contributed by atoms with E-state index in [4.69, 9.17) is 5.73 Å². The molecular weight excluding hydrogens is 276 g/mol. The lowest BCUT2D eigenvalue weighted by molar-refractivity contribution is 0.145. The Bertz CT molecular complexity index is 606. The van der Waals surface area contributed by atoms with Crippen molar-refractivity contribution in [3.05, 3.63) is 42.1 Å². The van der Waals surface area contributed by atoms with E-state index >= 15 is 0 Å². The number of aromatic nitrogens is 2. The number of piperidine rings is 1. The van der Waals surface area contributed by atoms with Gasteiger partial charge >= 0.3 is 0 Å². The fourth-order valence-corrected chi connectivity index (χ4v) is 2.75. The summed E-state index contributed by atoms with van der Waals surface area (Å²) in [5.74, 6) is 1.67. The molecule has 0 spiro atoms. The standard InChI is InChI=1S/C17H22N4O/c18-9-5-13-1-3-14(4-2-13)17-19-10-6-16(20-17)21-11-7-15(22)8-12-21/h1-4,6,10,15,22H,5,7-9,11-12,18H2. The predicted molar refractivity (Wildman–Crippen MR) is 87.7 cm³/mol. The van der Waals surface area contributed by atoms with E-state index in [1.807, 2.05) is 18.2 Å². The molecule has 0 bridgehead atoms. The summed E-state index contributed by atoms with van der Waals surface area (Å²) >= 11 is 0. The van der Waals surface area contributed by atoms with Crippen LogP contribution in [0.3, 0.4) is 0 Å². The molecule has 0 unspecified atom stereocenters. The highest BCUT2D eigenvalue weighted by Crippen LogP contribution is 2.21. The van der Waals surface area contributed by atoms with Gasteiger partial charge in [-0.25, -0.2) is 9.97 Å². The van der Waals surface area contributed by atoms with Gasteiger partial charge in [-0.1, -0.05) is 24.3 Å². The topological polar surface area (TPSA) is 75.3 Å². The first-order chi connectivity index (χ1) is 10.8. The molecule has 1 aliphatic rings. The van der Waals surface area contributed by atoms with E-state index in [1.165, 1.54) is 5.56 Å². The molecule has 3 rings (SSSR count). The second-order valence-electron chi connectivity index (χ2n) is 5.69. The van der Waals surface area contributed by atoms with Crippen LogP contribution in [-0.4, -0.2) is 40.8 Å². The Balaban J connectivity index is 1.78. The Kier molecular flexibility index (Phi) is 4.65. The van der Waals surface area contributed by atoms with Crippen LogP contribution >= 0.6 is 0 Å². The van der Waals surface area contributed by atoms with Crippen LogP contribution in [0.25, 0.3) is 11.4 Å². The van der Waals surface area contributed by atoms with Gasteiger partial charge in [0.25, 0.3) is 0 Å². The largest absolute Gasteiger partial charge is 0.393 e. The summed E-state index contributed by atoms with van der Waals surface area (Å²) in [5.41, 5.74) is 7.82. The number of aliphatic hydroxyl groups excluding tert-OH is 1. The summed E-state index contributed by atoms with van der Waals surface area (Å²) in [5, 5.41) is 9.61. The van der Waals surface area contributed by atoms with Crippen molar-refractivity contribution in [3.8, 4) is 11.4 Å². The number of aliphatic hydroxyl groups is 1. The van der Waals surface area contributed by atoms with Crippen molar-refractivity contribution in [3.63, 3.8) is 0 Å². The first-order valence-electron chi connectivity index (χ1n) is 7.81. The van der Waals surface area contributed by atoms with Crippen LogP contribution in [0, 0.1) is 0 Å². The average molecular weight is 298 g/mol. The third-order valence-corrected chi connectivity index (χ3v) is 4.07. The quantitative estimate of drug-likeness (QED) is 0.897. The van der Waals surface area contributed by atoms with Crippen LogP contribution in [0.2, 0.25) is 0 Å². The van der Waals surface area contributed by atoms with E-state index in [0.717, 1.165) is 49.6 Å². The first kappa shape index (κ1) is 14.9. The number of nitrogens with zero attached hydrogens (tertiary/aromatic N) is 3. The van der Waals surface area contributed by atoms with Crippen LogP contribution in [0.4, 0.5) is 5.82 Å². The summed E-state index contributed by atoms with van der Waals surface area (Å²) in [7, 11) is 0. The summed E-state index contributed by atoms with van der Waals surface area (Å²) in [6.45, 7) is 2.34. The first-order valence-corrected chi connectivity index (χ1v) is 7.81. The molecule has 3 N–H and O–H groups in total. The van der Waals surface area contributed by atoms with E-state index < -0.39 is 0 Å². The predicted octanol–water partition coefficient (Wildman–Crippen LogP) is 1.61. The van der Waals surface area contributed by atoms with E-state index in [9.17, 15) is 5.11 Å². The highest BCUT2D eigenvalue weighted by Gasteiger charge is 2.18. The van der Waals surface area contributed by atoms with Gasteiger partial charge in [0.2, 0.25) is 0 Å². The number of anilines is 1. The number of hydrogen-bond donors (Lipinski definition) is 2. The molecule has 116 valence electrons. The maximum atomic E-state index is 9.61. The van der Waals surface area contributed by atoms with Crippen molar-refractivity contribution < 1.29 is 5.11 Å². The lowest BCUT2D eigenvalue weighted by Crippen LogP contribution is -2.36.